The van der Waals surface area contributed by atoms with E-state index in [9.17, 15) is 14.4 Å². The molecule has 0 amide bonds. The minimum Gasteiger partial charge on any atom is -0.457 e. The third-order valence-electron chi connectivity index (χ3n) is 4.91. The molecule has 1 aromatic carbocycles. The van der Waals surface area contributed by atoms with Gasteiger partial charge >= 0.3 is 11.7 Å². The van der Waals surface area contributed by atoms with Gasteiger partial charge in [0, 0.05) is 25.7 Å². The van der Waals surface area contributed by atoms with Gasteiger partial charge in [0.05, 0.1) is 37.4 Å². The van der Waals surface area contributed by atoms with E-state index < -0.39 is 38.1 Å². The minimum atomic E-state index is -1.57. The molecule has 0 bridgehead atoms. The van der Waals surface area contributed by atoms with Crippen LogP contribution in [0.5, 0.6) is 0 Å². The predicted molar refractivity (Wildman–Crippen MR) is 139 cm³/mol. The van der Waals surface area contributed by atoms with E-state index in [4.69, 9.17) is 25.2 Å². The zero-order chi connectivity index (χ0) is 28.1. The molecule has 0 aliphatic rings. The molecule has 0 fully saturated rings. The number of hydrogen-bond donors (Lipinski definition) is 1. The summed E-state index contributed by atoms with van der Waals surface area (Å²) < 4.78 is 34.5. The number of nitriles is 1. The summed E-state index contributed by atoms with van der Waals surface area (Å²) in [5.74, 6) is -0.616. The van der Waals surface area contributed by atoms with Crippen LogP contribution in [-0.2, 0) is 18.5 Å². The van der Waals surface area contributed by atoms with Crippen molar-refractivity contribution in [1.29, 1.82) is 5.26 Å². The Morgan fingerprint density at radius 3 is 2.43 bits per heavy atom. The number of H-pyrrole nitrogens is 1. The first-order valence-corrected chi connectivity index (χ1v) is 13.0. The van der Waals surface area contributed by atoms with E-state index in [1.54, 1.807) is 30.3 Å². The molecule has 1 aromatic heterocycles. The summed E-state index contributed by atoms with van der Waals surface area (Å²) in [5, 5.41) is 8.89. The third-order valence-corrected chi connectivity index (χ3v) is 6.98. The van der Waals surface area contributed by atoms with Crippen molar-refractivity contribution in [2.24, 2.45) is 0 Å². The highest BCUT2D eigenvalue weighted by Gasteiger charge is 2.28. The van der Waals surface area contributed by atoms with Crippen molar-refractivity contribution in [2.45, 2.75) is 65.4 Å². The smallest absolute Gasteiger partial charge is 0.338 e. The predicted octanol–water partition coefficient (Wildman–Crippen LogP) is 3.59. The van der Waals surface area contributed by atoms with Gasteiger partial charge in [-0.2, -0.15) is 5.26 Å². The molecule has 0 aliphatic carbocycles. The van der Waals surface area contributed by atoms with Crippen molar-refractivity contribution in [3.63, 3.8) is 0 Å². The van der Waals surface area contributed by atoms with Crippen molar-refractivity contribution in [3.05, 3.63) is 69.0 Å². The number of ether oxygens (including phenoxy) is 2. The molecule has 1 unspecified atom stereocenters. The Hall–Kier alpha value is -2.87. The van der Waals surface area contributed by atoms with E-state index in [1.807, 2.05) is 38.4 Å². The first-order valence-electron chi connectivity index (χ1n) is 12.6. The summed E-state index contributed by atoms with van der Waals surface area (Å²) in [4.78, 5) is 38.7. The average molecular weight is 536 g/mol. The molecule has 0 spiro atoms. The number of aromatic nitrogens is 2. The van der Waals surface area contributed by atoms with Crippen LogP contribution in [0.1, 0.15) is 59.0 Å². The summed E-state index contributed by atoms with van der Waals surface area (Å²) in [6.07, 6.45) is -0.529. The molecular formula is C25H35N4O7P. The largest absolute Gasteiger partial charge is 0.457 e. The van der Waals surface area contributed by atoms with E-state index in [2.05, 4.69) is 4.98 Å². The van der Waals surface area contributed by atoms with Crippen LogP contribution in [0.25, 0.3) is 0 Å². The van der Waals surface area contributed by atoms with Gasteiger partial charge in [-0.3, -0.25) is 14.3 Å². The van der Waals surface area contributed by atoms with Crippen LogP contribution in [0.2, 0.25) is 0 Å². The Labute approximate surface area is 219 Å². The molecule has 0 aliphatic heterocycles. The van der Waals surface area contributed by atoms with Gasteiger partial charge in [0.2, 0.25) is 0 Å². The second-order valence-corrected chi connectivity index (χ2v) is 9.99. The summed E-state index contributed by atoms with van der Waals surface area (Å²) in [6, 6.07) is 11.7. The highest BCUT2D eigenvalue weighted by molar-refractivity contribution is 7.44. The lowest BCUT2D eigenvalue weighted by atomic mass is 10.2. The Morgan fingerprint density at radius 2 is 1.84 bits per heavy atom. The summed E-state index contributed by atoms with van der Waals surface area (Å²) in [5.41, 5.74) is -1.02. The third kappa shape index (κ3) is 9.84. The second kappa shape index (κ2) is 15.4. The van der Waals surface area contributed by atoms with Crippen LogP contribution in [0, 0.1) is 11.3 Å². The summed E-state index contributed by atoms with van der Waals surface area (Å²) in [6.45, 7) is 7.57. The number of nitrogens with one attached hydrogen (secondary N) is 1. The summed E-state index contributed by atoms with van der Waals surface area (Å²) in [7, 11) is -1.57. The van der Waals surface area contributed by atoms with Crippen LogP contribution in [0.3, 0.4) is 0 Å². The number of nitrogens with zero attached hydrogens (tertiary/aromatic N) is 3. The van der Waals surface area contributed by atoms with Crippen LogP contribution in [0.15, 0.2) is 52.2 Å². The molecule has 12 heteroatoms. The molecule has 0 saturated heterocycles. The Balaban J connectivity index is 2.20. The molecule has 2 rings (SSSR count). The Kier molecular flexibility index (Phi) is 11.9. The zero-order valence-electron chi connectivity index (χ0n) is 22.5. The molecule has 3 atom stereocenters. The maximum atomic E-state index is 12.5. The molecule has 0 saturated carbocycles. The zero-order valence-corrected chi connectivity index (χ0v) is 22.4. The molecule has 37 heavy (non-hydrogen) atoms. The van der Waals surface area contributed by atoms with Gasteiger partial charge in [-0.1, -0.05) is 18.2 Å². The quantitative estimate of drug-likeness (QED) is 0.206. The van der Waals surface area contributed by atoms with Gasteiger partial charge in [-0.05, 0) is 46.7 Å². The number of benzene rings is 1. The van der Waals surface area contributed by atoms with Gasteiger partial charge in [-0.25, -0.2) is 14.3 Å². The Morgan fingerprint density at radius 1 is 1.14 bits per heavy atom. The topological polar surface area (TPSA) is 136 Å². The average Bonchev–Trinajstić information content (AvgIpc) is 2.88. The van der Waals surface area contributed by atoms with Gasteiger partial charge in [0.15, 0.2) is 6.23 Å². The van der Waals surface area contributed by atoms with Crippen molar-refractivity contribution in [2.75, 3.05) is 19.8 Å². The number of carbonyl (C=O) groups is 1. The fraction of sp³-hybridized carbons (Fsp3) is 0.520. The molecule has 2 aromatic rings. The molecule has 1 N–H and O–H groups in total. The van der Waals surface area contributed by atoms with Crippen LogP contribution < -0.4 is 11.2 Å². The number of aromatic amines is 1. The van der Waals surface area contributed by atoms with E-state index >= 15 is 0 Å². The lowest BCUT2D eigenvalue weighted by molar-refractivity contribution is -0.0926. The highest BCUT2D eigenvalue weighted by Crippen LogP contribution is 2.46. The SMILES string of the molecule is [2H]C[C@H](COP(OCCC#N)N(C(C)C)C(C)C)O[C@H](COC(=O)c1ccccc1)n1ccc(=O)[nH]c1=O. The fourth-order valence-electron chi connectivity index (χ4n) is 3.37. The minimum absolute atomic E-state index is 0.0566. The van der Waals surface area contributed by atoms with E-state index in [0.29, 0.717) is 5.56 Å². The highest BCUT2D eigenvalue weighted by atomic mass is 31.2. The van der Waals surface area contributed by atoms with Crippen molar-refractivity contribution in [1.82, 2.24) is 14.2 Å². The molecule has 202 valence electrons. The maximum Gasteiger partial charge on any atom is 0.338 e. The monoisotopic (exact) mass is 535 g/mol. The molecular weight excluding hydrogens is 499 g/mol. The lowest BCUT2D eigenvalue weighted by Gasteiger charge is -2.36. The first-order chi connectivity index (χ1) is 18.2. The van der Waals surface area contributed by atoms with Crippen LogP contribution in [-0.4, -0.2) is 58.2 Å². The second-order valence-electron chi connectivity index (χ2n) is 8.54. The normalized spacial score (nSPS) is 14.3. The van der Waals surface area contributed by atoms with Crippen molar-refractivity contribution < 1.29 is 24.7 Å². The molecule has 11 nitrogen and oxygen atoms in total. The lowest BCUT2D eigenvalue weighted by Crippen LogP contribution is -2.37. The maximum absolute atomic E-state index is 12.5. The van der Waals surface area contributed by atoms with Gasteiger partial charge in [-0.15, -0.1) is 0 Å². The van der Waals surface area contributed by atoms with E-state index in [0.717, 1.165) is 10.6 Å². The van der Waals surface area contributed by atoms with Gasteiger partial charge in [0.25, 0.3) is 14.1 Å². The van der Waals surface area contributed by atoms with Gasteiger partial charge in [0.1, 0.15) is 6.61 Å². The number of hydrogen-bond acceptors (Lipinski definition) is 9. The number of esters is 1. The summed E-state index contributed by atoms with van der Waals surface area (Å²) >= 11 is 0. The standard InChI is InChI=1S/C25H35N4O7P/c1-18(2)29(19(3)4)37(34-15-9-13-26)35-16-20(5)36-23(28-14-12-22(30)27-25(28)32)17-33-24(31)21-10-7-6-8-11-21/h6-8,10-12,14,18-20,23H,9,15-17H2,1-5H3,(H,27,30,32)/t20-,23-,37?/m1/s1/i5D. The van der Waals surface area contributed by atoms with E-state index in [1.165, 1.54) is 6.20 Å². The van der Waals surface area contributed by atoms with Crippen molar-refractivity contribution >= 4 is 14.5 Å². The number of rotatable bonds is 15. The first kappa shape index (κ1) is 28.7. The molecule has 1 heterocycles. The molecule has 0 radical (unpaired) electrons. The van der Waals surface area contributed by atoms with Crippen molar-refractivity contribution in [3.8, 4) is 6.07 Å². The van der Waals surface area contributed by atoms with Crippen LogP contribution in [0.4, 0.5) is 0 Å². The fourth-order valence-corrected chi connectivity index (χ4v) is 5.00. The number of carbonyl (C=O) groups excluding carboxylic acids is 1. The van der Waals surface area contributed by atoms with Crippen LogP contribution >= 0.6 is 8.53 Å². The van der Waals surface area contributed by atoms with E-state index in [-0.39, 0.29) is 45.2 Å². The Bertz CT molecular complexity index is 1140. The van der Waals surface area contributed by atoms with Gasteiger partial charge < -0.3 is 18.5 Å².